The van der Waals surface area contributed by atoms with E-state index in [9.17, 15) is 9.59 Å². The fourth-order valence-electron chi connectivity index (χ4n) is 1.40. The maximum absolute atomic E-state index is 11.4. The van der Waals surface area contributed by atoms with Gasteiger partial charge < -0.3 is 14.2 Å². The predicted octanol–water partition coefficient (Wildman–Crippen LogP) is 1.73. The van der Waals surface area contributed by atoms with Gasteiger partial charge in [-0.2, -0.15) is 5.26 Å². The van der Waals surface area contributed by atoms with Crippen molar-refractivity contribution in [1.29, 1.82) is 5.26 Å². The second kappa shape index (κ2) is 7.14. The Labute approximate surface area is 116 Å². The Morgan fingerprint density at radius 1 is 1.35 bits per heavy atom. The van der Waals surface area contributed by atoms with E-state index in [0.29, 0.717) is 17.1 Å². The van der Waals surface area contributed by atoms with Crippen molar-refractivity contribution in [2.45, 2.75) is 20.0 Å². The van der Waals surface area contributed by atoms with Crippen LogP contribution in [0.3, 0.4) is 0 Å². The molecule has 6 heteroatoms. The first-order chi connectivity index (χ1) is 9.47. The average molecular weight is 277 g/mol. The molecule has 0 bridgehead atoms. The van der Waals surface area contributed by atoms with Crippen molar-refractivity contribution in [2.24, 2.45) is 0 Å². The maximum atomic E-state index is 11.4. The second-order valence-electron chi connectivity index (χ2n) is 3.97. The van der Waals surface area contributed by atoms with E-state index in [1.165, 1.54) is 33.1 Å². The van der Waals surface area contributed by atoms with Crippen LogP contribution in [0.2, 0.25) is 0 Å². The van der Waals surface area contributed by atoms with Crippen molar-refractivity contribution < 1.29 is 23.8 Å². The van der Waals surface area contributed by atoms with Crippen LogP contribution in [0.5, 0.6) is 11.5 Å². The SMILES string of the molecule is COc1cc(C(C)=O)ccc1OCC(=O)OC(C)C#N. The van der Waals surface area contributed by atoms with E-state index in [1.807, 2.05) is 0 Å². The van der Waals surface area contributed by atoms with Crippen LogP contribution in [-0.2, 0) is 9.53 Å². The smallest absolute Gasteiger partial charge is 0.345 e. The van der Waals surface area contributed by atoms with Gasteiger partial charge in [0.2, 0.25) is 0 Å². The van der Waals surface area contributed by atoms with Crippen molar-refractivity contribution in [1.82, 2.24) is 0 Å². The monoisotopic (exact) mass is 277 g/mol. The number of carbonyl (C=O) groups is 2. The highest BCUT2D eigenvalue weighted by molar-refractivity contribution is 5.94. The Kier molecular flexibility index (Phi) is 5.54. The molecule has 0 aromatic heterocycles. The minimum absolute atomic E-state index is 0.0999. The van der Waals surface area contributed by atoms with Gasteiger partial charge in [-0.25, -0.2) is 4.79 Å². The number of rotatable bonds is 6. The van der Waals surface area contributed by atoms with E-state index in [4.69, 9.17) is 19.5 Å². The minimum Gasteiger partial charge on any atom is -0.493 e. The van der Waals surface area contributed by atoms with Crippen molar-refractivity contribution in [2.75, 3.05) is 13.7 Å². The van der Waals surface area contributed by atoms with Gasteiger partial charge >= 0.3 is 5.97 Å². The number of methoxy groups -OCH3 is 1. The van der Waals surface area contributed by atoms with E-state index in [0.717, 1.165) is 0 Å². The number of esters is 1. The Balaban J connectivity index is 2.71. The molecule has 0 fully saturated rings. The number of hydrogen-bond donors (Lipinski definition) is 0. The number of Topliss-reactive ketones (excluding diaryl/α,β-unsaturated/α-hetero) is 1. The first-order valence-electron chi connectivity index (χ1n) is 5.88. The molecule has 106 valence electrons. The molecule has 1 rings (SSSR count). The van der Waals surface area contributed by atoms with Crippen LogP contribution in [0, 0.1) is 11.3 Å². The van der Waals surface area contributed by atoms with Gasteiger partial charge in [0.05, 0.1) is 7.11 Å². The number of ketones is 1. The van der Waals surface area contributed by atoms with Crippen molar-refractivity contribution in [3.05, 3.63) is 23.8 Å². The van der Waals surface area contributed by atoms with Crippen LogP contribution in [-0.4, -0.2) is 31.6 Å². The van der Waals surface area contributed by atoms with Crippen LogP contribution in [0.25, 0.3) is 0 Å². The molecule has 0 amide bonds. The van der Waals surface area contributed by atoms with Gasteiger partial charge in [0.1, 0.15) is 6.07 Å². The molecular weight excluding hydrogens is 262 g/mol. The molecule has 0 aliphatic carbocycles. The van der Waals surface area contributed by atoms with E-state index in [-0.39, 0.29) is 12.4 Å². The number of carbonyl (C=O) groups excluding carboxylic acids is 2. The highest BCUT2D eigenvalue weighted by atomic mass is 16.6. The van der Waals surface area contributed by atoms with E-state index in [1.54, 1.807) is 12.1 Å². The maximum Gasteiger partial charge on any atom is 0.345 e. The third kappa shape index (κ3) is 4.28. The summed E-state index contributed by atoms with van der Waals surface area (Å²) in [5.74, 6) is -0.0910. The molecular formula is C14H15NO5. The molecule has 1 aromatic rings. The topological polar surface area (TPSA) is 85.6 Å². The highest BCUT2D eigenvalue weighted by Crippen LogP contribution is 2.28. The van der Waals surface area contributed by atoms with Gasteiger partial charge in [0, 0.05) is 5.56 Å². The predicted molar refractivity (Wildman–Crippen MR) is 69.7 cm³/mol. The number of benzene rings is 1. The molecule has 0 heterocycles. The zero-order valence-electron chi connectivity index (χ0n) is 11.5. The lowest BCUT2D eigenvalue weighted by Gasteiger charge is -2.11. The summed E-state index contributed by atoms with van der Waals surface area (Å²) < 4.78 is 15.1. The zero-order valence-corrected chi connectivity index (χ0v) is 11.5. The molecule has 0 radical (unpaired) electrons. The lowest BCUT2D eigenvalue weighted by molar-refractivity contribution is -0.148. The van der Waals surface area contributed by atoms with Gasteiger partial charge in [-0.3, -0.25) is 4.79 Å². The summed E-state index contributed by atoms with van der Waals surface area (Å²) in [5.41, 5.74) is 0.481. The Hall–Kier alpha value is -2.55. The zero-order chi connectivity index (χ0) is 15.1. The van der Waals surface area contributed by atoms with Crippen LogP contribution in [0.1, 0.15) is 24.2 Å². The third-order valence-electron chi connectivity index (χ3n) is 2.41. The summed E-state index contributed by atoms with van der Waals surface area (Å²) in [6.07, 6.45) is -0.826. The molecule has 6 nitrogen and oxygen atoms in total. The Bertz CT molecular complexity index is 547. The average Bonchev–Trinajstić information content (AvgIpc) is 2.44. The van der Waals surface area contributed by atoms with Crippen LogP contribution in [0.15, 0.2) is 18.2 Å². The summed E-state index contributed by atoms with van der Waals surface area (Å²) in [4.78, 5) is 22.6. The first kappa shape index (κ1) is 15.5. The number of ether oxygens (including phenoxy) is 3. The van der Waals surface area contributed by atoms with Crippen LogP contribution in [0.4, 0.5) is 0 Å². The van der Waals surface area contributed by atoms with Gasteiger partial charge in [-0.1, -0.05) is 0 Å². The van der Waals surface area contributed by atoms with Gasteiger partial charge in [0.25, 0.3) is 0 Å². The minimum atomic E-state index is -0.826. The summed E-state index contributed by atoms with van der Waals surface area (Å²) in [7, 11) is 1.43. The third-order valence-corrected chi connectivity index (χ3v) is 2.41. The normalized spacial score (nSPS) is 11.1. The molecule has 1 unspecified atom stereocenters. The fraction of sp³-hybridized carbons (Fsp3) is 0.357. The van der Waals surface area contributed by atoms with Crippen LogP contribution < -0.4 is 9.47 Å². The van der Waals surface area contributed by atoms with Crippen LogP contribution >= 0.6 is 0 Å². The Morgan fingerprint density at radius 3 is 2.60 bits per heavy atom. The highest BCUT2D eigenvalue weighted by Gasteiger charge is 2.12. The van der Waals surface area contributed by atoms with E-state index < -0.39 is 12.1 Å². The summed E-state index contributed by atoms with van der Waals surface area (Å²) >= 11 is 0. The summed E-state index contributed by atoms with van der Waals surface area (Å²) in [6.45, 7) is 2.55. The van der Waals surface area contributed by atoms with Crippen molar-refractivity contribution >= 4 is 11.8 Å². The van der Waals surface area contributed by atoms with Gasteiger partial charge in [-0.05, 0) is 32.0 Å². The second-order valence-corrected chi connectivity index (χ2v) is 3.97. The number of nitrogens with zero attached hydrogens (tertiary/aromatic N) is 1. The molecule has 0 aliphatic rings. The molecule has 0 saturated carbocycles. The standard InChI is InChI=1S/C14H15NO5/c1-9(7-15)20-14(17)8-19-12-5-4-11(10(2)16)6-13(12)18-3/h4-6,9H,8H2,1-3H3. The summed E-state index contributed by atoms with van der Waals surface area (Å²) in [5, 5.41) is 8.51. The number of hydrogen-bond acceptors (Lipinski definition) is 6. The lowest BCUT2D eigenvalue weighted by atomic mass is 10.1. The Morgan fingerprint density at radius 2 is 2.05 bits per heavy atom. The largest absolute Gasteiger partial charge is 0.493 e. The molecule has 0 saturated heterocycles. The molecule has 1 atom stereocenters. The molecule has 20 heavy (non-hydrogen) atoms. The van der Waals surface area contributed by atoms with Gasteiger partial charge in [-0.15, -0.1) is 0 Å². The van der Waals surface area contributed by atoms with Crippen molar-refractivity contribution in [3.63, 3.8) is 0 Å². The molecule has 0 spiro atoms. The number of nitriles is 1. The molecule has 0 aliphatic heterocycles. The van der Waals surface area contributed by atoms with Crippen molar-refractivity contribution in [3.8, 4) is 17.6 Å². The quantitative estimate of drug-likeness (QED) is 0.581. The first-order valence-corrected chi connectivity index (χ1v) is 5.88. The van der Waals surface area contributed by atoms with E-state index in [2.05, 4.69) is 0 Å². The lowest BCUT2D eigenvalue weighted by Crippen LogP contribution is -2.19. The van der Waals surface area contributed by atoms with Gasteiger partial charge in [0.15, 0.2) is 30.0 Å². The summed E-state index contributed by atoms with van der Waals surface area (Å²) in [6, 6.07) is 6.42. The molecule has 1 aromatic carbocycles. The molecule has 0 N–H and O–H groups in total. The van der Waals surface area contributed by atoms with E-state index >= 15 is 0 Å². The fourth-order valence-corrected chi connectivity index (χ4v) is 1.40.